The third-order valence-corrected chi connectivity index (χ3v) is 3.12. The van der Waals surface area contributed by atoms with Crippen molar-refractivity contribution >= 4 is 5.91 Å². The summed E-state index contributed by atoms with van der Waals surface area (Å²) >= 11 is 0. The van der Waals surface area contributed by atoms with Crippen LogP contribution in [0.15, 0.2) is 18.3 Å². The summed E-state index contributed by atoms with van der Waals surface area (Å²) in [6.45, 7) is 2.15. The quantitative estimate of drug-likeness (QED) is 0.878. The Morgan fingerprint density at radius 3 is 3.17 bits per heavy atom. The molecule has 0 radical (unpaired) electrons. The Balaban J connectivity index is 1.98. The second-order valence-electron chi connectivity index (χ2n) is 4.64. The molecule has 1 atom stereocenters. The molecule has 1 aromatic heterocycles. The first-order valence-corrected chi connectivity index (χ1v) is 6.15. The lowest BCUT2D eigenvalue weighted by Gasteiger charge is -2.27. The molecule has 1 aliphatic rings. The van der Waals surface area contributed by atoms with Gasteiger partial charge < -0.3 is 14.7 Å². The first-order chi connectivity index (χ1) is 8.68. The second kappa shape index (κ2) is 5.82. The SMILES string of the molecule is CN(CC1CCCOC1)C(=O)c1ncccc1O. The smallest absolute Gasteiger partial charge is 0.276 e. The molecule has 5 nitrogen and oxygen atoms in total. The summed E-state index contributed by atoms with van der Waals surface area (Å²) in [5.74, 6) is 0.0477. The standard InChI is InChI=1S/C13H18N2O3/c1-15(8-10-4-3-7-18-9-10)13(17)12-11(16)5-2-6-14-12/h2,5-6,10,16H,3-4,7-9H2,1H3. The maximum atomic E-state index is 12.1. The van der Waals surface area contributed by atoms with E-state index in [-0.39, 0.29) is 17.4 Å². The average molecular weight is 250 g/mol. The van der Waals surface area contributed by atoms with Gasteiger partial charge in [-0.05, 0) is 30.9 Å². The number of nitrogens with zero attached hydrogens (tertiary/aromatic N) is 2. The molecule has 1 unspecified atom stereocenters. The van der Waals surface area contributed by atoms with Gasteiger partial charge in [-0.1, -0.05) is 0 Å². The zero-order chi connectivity index (χ0) is 13.0. The molecule has 0 aliphatic carbocycles. The molecule has 1 saturated heterocycles. The Bertz CT molecular complexity index is 416. The number of carbonyl (C=O) groups excluding carboxylic acids is 1. The number of hydrogen-bond donors (Lipinski definition) is 1. The third-order valence-electron chi connectivity index (χ3n) is 3.12. The molecule has 0 bridgehead atoms. The van der Waals surface area contributed by atoms with Crippen molar-refractivity contribution in [1.82, 2.24) is 9.88 Å². The molecule has 1 aromatic rings. The molecule has 0 spiro atoms. The lowest BCUT2D eigenvalue weighted by atomic mass is 10.0. The molecule has 1 aliphatic heterocycles. The number of ether oxygens (including phenoxy) is 1. The minimum atomic E-state index is -0.251. The van der Waals surface area contributed by atoms with Crippen molar-refractivity contribution in [2.45, 2.75) is 12.8 Å². The molecule has 2 rings (SSSR count). The predicted molar refractivity (Wildman–Crippen MR) is 66.4 cm³/mol. The number of rotatable bonds is 3. The first-order valence-electron chi connectivity index (χ1n) is 6.15. The molecule has 1 N–H and O–H groups in total. The van der Waals surface area contributed by atoms with Crippen LogP contribution >= 0.6 is 0 Å². The van der Waals surface area contributed by atoms with Gasteiger partial charge in [0.25, 0.3) is 5.91 Å². The molecule has 5 heteroatoms. The Labute approximate surface area is 106 Å². The molecular weight excluding hydrogens is 232 g/mol. The highest BCUT2D eigenvalue weighted by atomic mass is 16.5. The molecule has 2 heterocycles. The van der Waals surface area contributed by atoms with E-state index < -0.39 is 0 Å². The normalized spacial score (nSPS) is 19.5. The zero-order valence-electron chi connectivity index (χ0n) is 10.5. The molecular formula is C13H18N2O3. The lowest BCUT2D eigenvalue weighted by molar-refractivity contribution is 0.0386. The highest BCUT2D eigenvalue weighted by Gasteiger charge is 2.21. The third kappa shape index (κ3) is 2.98. The average Bonchev–Trinajstić information content (AvgIpc) is 2.39. The van der Waals surface area contributed by atoms with Gasteiger partial charge in [0, 0.05) is 26.4 Å². The number of pyridine rings is 1. The Hall–Kier alpha value is -1.62. The molecule has 1 amide bonds. The van der Waals surface area contributed by atoms with Gasteiger partial charge in [-0.15, -0.1) is 0 Å². The van der Waals surface area contributed by atoms with Gasteiger partial charge in [0.2, 0.25) is 0 Å². The van der Waals surface area contributed by atoms with Gasteiger partial charge in [-0.2, -0.15) is 0 Å². The van der Waals surface area contributed by atoms with E-state index in [1.54, 1.807) is 18.0 Å². The maximum absolute atomic E-state index is 12.1. The number of carbonyl (C=O) groups is 1. The Morgan fingerprint density at radius 2 is 2.50 bits per heavy atom. The highest BCUT2D eigenvalue weighted by molar-refractivity contribution is 5.94. The fourth-order valence-corrected chi connectivity index (χ4v) is 2.16. The van der Waals surface area contributed by atoms with Gasteiger partial charge in [-0.25, -0.2) is 4.98 Å². The van der Waals surface area contributed by atoms with Crippen LogP contribution in [-0.4, -0.2) is 47.7 Å². The maximum Gasteiger partial charge on any atom is 0.276 e. The van der Waals surface area contributed by atoms with Crippen molar-refractivity contribution in [2.24, 2.45) is 5.92 Å². The second-order valence-corrected chi connectivity index (χ2v) is 4.64. The summed E-state index contributed by atoms with van der Waals surface area (Å²) in [6.07, 6.45) is 3.62. The highest BCUT2D eigenvalue weighted by Crippen LogP contribution is 2.18. The van der Waals surface area contributed by atoms with Crippen LogP contribution < -0.4 is 0 Å². The summed E-state index contributed by atoms with van der Waals surface area (Å²) < 4.78 is 5.39. The minimum Gasteiger partial charge on any atom is -0.505 e. The van der Waals surface area contributed by atoms with Crippen LogP contribution in [0.2, 0.25) is 0 Å². The summed E-state index contributed by atoms with van der Waals surface area (Å²) in [4.78, 5) is 17.6. The molecule has 98 valence electrons. The van der Waals surface area contributed by atoms with E-state index in [9.17, 15) is 9.90 Å². The van der Waals surface area contributed by atoms with Crippen molar-refractivity contribution in [3.63, 3.8) is 0 Å². The summed E-state index contributed by atoms with van der Waals surface area (Å²) in [6, 6.07) is 3.07. The first kappa shape index (κ1) is 12.8. The lowest BCUT2D eigenvalue weighted by Crippen LogP contribution is -2.35. The van der Waals surface area contributed by atoms with E-state index in [2.05, 4.69) is 4.98 Å². The van der Waals surface area contributed by atoms with Crippen molar-refractivity contribution in [1.29, 1.82) is 0 Å². The van der Waals surface area contributed by atoms with Gasteiger partial charge in [0.1, 0.15) is 5.75 Å². The number of aromatic hydroxyl groups is 1. The molecule has 18 heavy (non-hydrogen) atoms. The van der Waals surface area contributed by atoms with Crippen LogP contribution in [0.1, 0.15) is 23.3 Å². The monoisotopic (exact) mass is 250 g/mol. The Kier molecular flexibility index (Phi) is 4.15. The van der Waals surface area contributed by atoms with E-state index in [0.29, 0.717) is 19.1 Å². The van der Waals surface area contributed by atoms with Crippen LogP contribution in [-0.2, 0) is 4.74 Å². The van der Waals surface area contributed by atoms with E-state index in [1.807, 2.05) is 0 Å². The molecule has 0 aromatic carbocycles. The van der Waals surface area contributed by atoms with Crippen LogP contribution in [0.25, 0.3) is 0 Å². The van der Waals surface area contributed by atoms with Crippen LogP contribution in [0.5, 0.6) is 5.75 Å². The summed E-state index contributed by atoms with van der Waals surface area (Å²) in [5.41, 5.74) is 0.108. The predicted octanol–water partition coefficient (Wildman–Crippen LogP) is 1.29. The topological polar surface area (TPSA) is 62.7 Å². The molecule has 1 fully saturated rings. The fraction of sp³-hybridized carbons (Fsp3) is 0.538. The van der Waals surface area contributed by atoms with E-state index in [4.69, 9.17) is 4.74 Å². The van der Waals surface area contributed by atoms with Crippen molar-refractivity contribution in [3.8, 4) is 5.75 Å². The van der Waals surface area contributed by atoms with Gasteiger partial charge in [0.15, 0.2) is 5.69 Å². The number of aromatic nitrogens is 1. The van der Waals surface area contributed by atoms with Crippen molar-refractivity contribution in [2.75, 3.05) is 26.8 Å². The van der Waals surface area contributed by atoms with Crippen LogP contribution in [0.3, 0.4) is 0 Å². The van der Waals surface area contributed by atoms with Gasteiger partial charge in [0.05, 0.1) is 6.61 Å². The van der Waals surface area contributed by atoms with E-state index >= 15 is 0 Å². The zero-order valence-corrected chi connectivity index (χ0v) is 10.5. The number of amides is 1. The van der Waals surface area contributed by atoms with Crippen molar-refractivity contribution < 1.29 is 14.6 Å². The van der Waals surface area contributed by atoms with Crippen LogP contribution in [0, 0.1) is 5.92 Å². The van der Waals surface area contributed by atoms with Gasteiger partial charge in [-0.3, -0.25) is 4.79 Å². The van der Waals surface area contributed by atoms with Crippen LogP contribution in [0.4, 0.5) is 0 Å². The Morgan fingerprint density at radius 1 is 1.67 bits per heavy atom. The van der Waals surface area contributed by atoms with Crippen molar-refractivity contribution in [3.05, 3.63) is 24.0 Å². The van der Waals surface area contributed by atoms with E-state index in [1.165, 1.54) is 12.3 Å². The summed E-state index contributed by atoms with van der Waals surface area (Å²) in [7, 11) is 1.73. The largest absolute Gasteiger partial charge is 0.505 e. The van der Waals surface area contributed by atoms with E-state index in [0.717, 1.165) is 19.4 Å². The van der Waals surface area contributed by atoms with Gasteiger partial charge >= 0.3 is 0 Å². The summed E-state index contributed by atoms with van der Waals surface area (Å²) in [5, 5.41) is 9.60. The molecule has 0 saturated carbocycles. The fourth-order valence-electron chi connectivity index (χ4n) is 2.16. The number of hydrogen-bond acceptors (Lipinski definition) is 4. The minimum absolute atomic E-state index is 0.0748.